The molecule has 0 radical (unpaired) electrons. The molecule has 0 saturated heterocycles. The molecule has 0 bridgehead atoms. The van der Waals surface area contributed by atoms with E-state index >= 15 is 0 Å². The standard InChI is InChI=1S/C27H23ClFN5O2/c1-15(16-6-8-18(29)9-7-16)26(35)34-22-14-17(10-12-30-22)24-25(32-20-5-3-2-4-19(20)28)23-21(33-24)11-13-31-27(23)36/h2-10,12,14-15,32-33H,11,13H2,1H3,(H,31,36)(H,30,34,35)/t15-/m0/s1. The number of aromatic amines is 1. The first-order valence-corrected chi connectivity index (χ1v) is 11.9. The zero-order valence-corrected chi connectivity index (χ0v) is 20.1. The molecule has 5 rings (SSSR count). The van der Waals surface area contributed by atoms with Gasteiger partial charge in [0.25, 0.3) is 5.91 Å². The molecule has 182 valence electrons. The molecule has 0 aliphatic carbocycles. The van der Waals surface area contributed by atoms with Gasteiger partial charge in [0.05, 0.1) is 33.6 Å². The van der Waals surface area contributed by atoms with Crippen LogP contribution in [0.2, 0.25) is 5.02 Å². The number of carbonyl (C=O) groups excluding carboxylic acids is 2. The first-order chi connectivity index (χ1) is 17.4. The fraction of sp³-hybridized carbons (Fsp3) is 0.148. The Morgan fingerprint density at radius 2 is 1.92 bits per heavy atom. The van der Waals surface area contributed by atoms with E-state index in [-0.39, 0.29) is 17.6 Å². The summed E-state index contributed by atoms with van der Waals surface area (Å²) in [6.07, 6.45) is 2.24. The van der Waals surface area contributed by atoms with Gasteiger partial charge in [0.15, 0.2) is 0 Å². The van der Waals surface area contributed by atoms with Crippen molar-refractivity contribution >= 4 is 40.6 Å². The number of halogens is 2. The third-order valence-electron chi connectivity index (χ3n) is 6.16. The Balaban J connectivity index is 1.48. The molecule has 9 heteroatoms. The van der Waals surface area contributed by atoms with Gasteiger partial charge in [-0.2, -0.15) is 0 Å². The monoisotopic (exact) mass is 503 g/mol. The molecule has 7 nitrogen and oxygen atoms in total. The van der Waals surface area contributed by atoms with Crippen molar-refractivity contribution in [2.75, 3.05) is 17.2 Å². The number of nitrogens with zero attached hydrogens (tertiary/aromatic N) is 1. The van der Waals surface area contributed by atoms with Crippen LogP contribution in [-0.4, -0.2) is 28.3 Å². The number of hydrogen-bond donors (Lipinski definition) is 4. The number of carbonyl (C=O) groups is 2. The van der Waals surface area contributed by atoms with Gasteiger partial charge >= 0.3 is 0 Å². The summed E-state index contributed by atoms with van der Waals surface area (Å²) in [6, 6.07) is 16.7. The van der Waals surface area contributed by atoms with Crippen molar-refractivity contribution in [3.8, 4) is 11.3 Å². The largest absolute Gasteiger partial charge is 0.356 e. The maximum absolute atomic E-state index is 13.3. The molecule has 2 aromatic carbocycles. The molecule has 0 unspecified atom stereocenters. The maximum Gasteiger partial charge on any atom is 0.255 e. The van der Waals surface area contributed by atoms with Crippen molar-refractivity contribution in [2.24, 2.45) is 0 Å². The number of hydrogen-bond acceptors (Lipinski definition) is 4. The van der Waals surface area contributed by atoms with E-state index in [0.29, 0.717) is 52.0 Å². The minimum atomic E-state index is -0.505. The Kier molecular flexibility index (Phi) is 6.43. The summed E-state index contributed by atoms with van der Waals surface area (Å²) >= 11 is 6.38. The third kappa shape index (κ3) is 4.67. The topological polar surface area (TPSA) is 98.9 Å². The Morgan fingerprint density at radius 3 is 2.69 bits per heavy atom. The van der Waals surface area contributed by atoms with Gasteiger partial charge in [-0.1, -0.05) is 35.9 Å². The van der Waals surface area contributed by atoms with E-state index in [4.69, 9.17) is 11.6 Å². The van der Waals surface area contributed by atoms with E-state index in [0.717, 1.165) is 11.3 Å². The zero-order chi connectivity index (χ0) is 25.2. The van der Waals surface area contributed by atoms with Crippen LogP contribution in [0.25, 0.3) is 11.3 Å². The zero-order valence-electron chi connectivity index (χ0n) is 19.4. The van der Waals surface area contributed by atoms with Crippen LogP contribution in [0.15, 0.2) is 66.9 Å². The Morgan fingerprint density at radius 1 is 1.14 bits per heavy atom. The molecule has 0 spiro atoms. The second-order valence-corrected chi connectivity index (χ2v) is 8.94. The smallest absolute Gasteiger partial charge is 0.255 e. The lowest BCUT2D eigenvalue weighted by atomic mass is 10.0. The lowest BCUT2D eigenvalue weighted by Crippen LogP contribution is -2.31. The summed E-state index contributed by atoms with van der Waals surface area (Å²) in [5.41, 5.74) is 4.71. The molecule has 4 N–H and O–H groups in total. The molecule has 2 amide bonds. The normalized spacial score (nSPS) is 13.5. The number of pyridine rings is 1. The van der Waals surface area contributed by atoms with Crippen molar-refractivity contribution in [2.45, 2.75) is 19.3 Å². The van der Waals surface area contributed by atoms with Gasteiger partial charge in [0.1, 0.15) is 11.6 Å². The number of nitrogens with one attached hydrogen (secondary N) is 4. The summed E-state index contributed by atoms with van der Waals surface area (Å²) in [4.78, 5) is 33.3. The number of H-pyrrole nitrogens is 1. The van der Waals surface area contributed by atoms with E-state index in [2.05, 4.69) is 25.9 Å². The predicted octanol–water partition coefficient (Wildman–Crippen LogP) is 5.64. The van der Waals surface area contributed by atoms with E-state index in [1.165, 1.54) is 12.1 Å². The summed E-state index contributed by atoms with van der Waals surface area (Å²) < 4.78 is 13.3. The molecular formula is C27H23ClFN5O2. The van der Waals surface area contributed by atoms with Crippen LogP contribution >= 0.6 is 11.6 Å². The molecule has 0 fully saturated rings. The van der Waals surface area contributed by atoms with Crippen LogP contribution in [0.1, 0.15) is 34.5 Å². The highest BCUT2D eigenvalue weighted by Gasteiger charge is 2.27. The van der Waals surface area contributed by atoms with E-state index in [9.17, 15) is 14.0 Å². The average molecular weight is 504 g/mol. The van der Waals surface area contributed by atoms with Crippen molar-refractivity contribution in [1.29, 1.82) is 0 Å². The summed E-state index contributed by atoms with van der Waals surface area (Å²) in [5, 5.41) is 9.56. The summed E-state index contributed by atoms with van der Waals surface area (Å²) in [6.45, 7) is 2.28. The van der Waals surface area contributed by atoms with Gasteiger partial charge in [-0.15, -0.1) is 0 Å². The van der Waals surface area contributed by atoms with Crippen molar-refractivity contribution in [1.82, 2.24) is 15.3 Å². The van der Waals surface area contributed by atoms with Crippen LogP contribution in [0.5, 0.6) is 0 Å². The van der Waals surface area contributed by atoms with E-state index in [1.54, 1.807) is 43.5 Å². The molecule has 3 heterocycles. The first kappa shape index (κ1) is 23.6. The van der Waals surface area contributed by atoms with Crippen LogP contribution in [-0.2, 0) is 11.2 Å². The minimum Gasteiger partial charge on any atom is -0.356 e. The Labute approximate surface area is 212 Å². The number of rotatable bonds is 6. The van der Waals surface area contributed by atoms with Crippen LogP contribution in [0.4, 0.5) is 21.6 Å². The Bertz CT molecular complexity index is 1450. The van der Waals surface area contributed by atoms with E-state index < -0.39 is 5.92 Å². The van der Waals surface area contributed by atoms with Gasteiger partial charge < -0.3 is 20.9 Å². The Hall–Kier alpha value is -4.17. The highest BCUT2D eigenvalue weighted by Crippen LogP contribution is 2.38. The van der Waals surface area contributed by atoms with Gasteiger partial charge in [0, 0.05) is 30.4 Å². The van der Waals surface area contributed by atoms with Gasteiger partial charge in [-0.3, -0.25) is 9.59 Å². The molecule has 2 aromatic heterocycles. The van der Waals surface area contributed by atoms with Crippen LogP contribution < -0.4 is 16.0 Å². The molecule has 36 heavy (non-hydrogen) atoms. The molecule has 0 saturated carbocycles. The van der Waals surface area contributed by atoms with Gasteiger partial charge in [0.2, 0.25) is 5.91 Å². The second kappa shape index (κ2) is 9.83. The average Bonchev–Trinajstić information content (AvgIpc) is 3.25. The number of benzene rings is 2. The number of amides is 2. The lowest BCUT2D eigenvalue weighted by molar-refractivity contribution is -0.117. The second-order valence-electron chi connectivity index (χ2n) is 8.53. The number of fused-ring (bicyclic) bond motifs is 1. The minimum absolute atomic E-state index is 0.177. The number of para-hydroxylation sites is 1. The predicted molar refractivity (Wildman–Crippen MR) is 138 cm³/mol. The quantitative estimate of drug-likeness (QED) is 0.273. The van der Waals surface area contributed by atoms with Crippen LogP contribution in [0, 0.1) is 5.82 Å². The molecule has 1 atom stereocenters. The third-order valence-corrected chi connectivity index (χ3v) is 6.49. The lowest BCUT2D eigenvalue weighted by Gasteiger charge is -2.16. The van der Waals surface area contributed by atoms with Crippen LogP contribution in [0.3, 0.4) is 0 Å². The fourth-order valence-corrected chi connectivity index (χ4v) is 4.39. The number of anilines is 3. The van der Waals surface area contributed by atoms with E-state index in [1.807, 2.05) is 18.2 Å². The molecular weight excluding hydrogens is 481 g/mol. The summed E-state index contributed by atoms with van der Waals surface area (Å²) in [5.74, 6) is -0.957. The SMILES string of the molecule is C[C@H](C(=O)Nc1cc(-c2[nH]c3c(c2Nc2ccccc2Cl)C(=O)NCC3)ccn1)c1ccc(F)cc1. The van der Waals surface area contributed by atoms with Gasteiger partial charge in [-0.05, 0) is 48.9 Å². The molecule has 1 aliphatic rings. The fourth-order valence-electron chi connectivity index (χ4n) is 4.21. The first-order valence-electron chi connectivity index (χ1n) is 11.5. The maximum atomic E-state index is 13.3. The molecule has 4 aromatic rings. The summed E-state index contributed by atoms with van der Waals surface area (Å²) in [7, 11) is 0. The molecule has 1 aliphatic heterocycles. The van der Waals surface area contributed by atoms with Crippen molar-refractivity contribution in [3.63, 3.8) is 0 Å². The van der Waals surface area contributed by atoms with Crippen molar-refractivity contribution < 1.29 is 14.0 Å². The van der Waals surface area contributed by atoms with Gasteiger partial charge in [-0.25, -0.2) is 9.37 Å². The highest BCUT2D eigenvalue weighted by molar-refractivity contribution is 6.33. The highest BCUT2D eigenvalue weighted by atomic mass is 35.5. The van der Waals surface area contributed by atoms with Crippen molar-refractivity contribution in [3.05, 3.63) is 94.5 Å². The number of aromatic nitrogens is 2.